The van der Waals surface area contributed by atoms with Crippen LogP contribution in [0.4, 0.5) is 4.39 Å². The van der Waals surface area contributed by atoms with Gasteiger partial charge in [-0.3, -0.25) is 0 Å². The Morgan fingerprint density at radius 3 is 2.95 bits per heavy atom. The van der Waals surface area contributed by atoms with Gasteiger partial charge in [0.05, 0.1) is 5.02 Å². The molecule has 1 saturated carbocycles. The van der Waals surface area contributed by atoms with E-state index < -0.39 is 5.82 Å². The normalized spacial score (nSPS) is 16.6. The molecule has 0 bridgehead atoms. The molecule has 2 aromatic rings. The summed E-state index contributed by atoms with van der Waals surface area (Å²) < 4.78 is 18.2. The van der Waals surface area contributed by atoms with Crippen molar-refractivity contribution in [3.8, 4) is 11.4 Å². The Labute approximate surface area is 114 Å². The second-order valence-corrected chi connectivity index (χ2v) is 5.25. The quantitative estimate of drug-likeness (QED) is 0.936. The molecule has 2 N–H and O–H groups in total. The zero-order chi connectivity index (χ0) is 13.4. The number of benzene rings is 1. The van der Waals surface area contributed by atoms with E-state index in [4.69, 9.17) is 21.9 Å². The molecule has 1 unspecified atom stereocenters. The molecule has 1 aromatic carbocycles. The summed E-state index contributed by atoms with van der Waals surface area (Å²) in [6.45, 7) is 0. The van der Waals surface area contributed by atoms with Crippen molar-refractivity contribution >= 4 is 11.6 Å². The molecule has 6 heteroatoms. The van der Waals surface area contributed by atoms with E-state index in [2.05, 4.69) is 10.1 Å². The predicted molar refractivity (Wildman–Crippen MR) is 69.1 cm³/mol. The Hall–Kier alpha value is -1.46. The third-order valence-electron chi connectivity index (χ3n) is 3.28. The van der Waals surface area contributed by atoms with Crippen molar-refractivity contribution in [3.63, 3.8) is 0 Å². The number of rotatable bonds is 4. The topological polar surface area (TPSA) is 64.9 Å². The second kappa shape index (κ2) is 4.90. The highest BCUT2D eigenvalue weighted by molar-refractivity contribution is 6.31. The van der Waals surface area contributed by atoms with Crippen molar-refractivity contribution in [2.24, 2.45) is 11.7 Å². The Bertz CT molecular complexity index is 597. The largest absolute Gasteiger partial charge is 0.339 e. The summed E-state index contributed by atoms with van der Waals surface area (Å²) in [4.78, 5) is 4.26. The van der Waals surface area contributed by atoms with Gasteiger partial charge in [0, 0.05) is 18.0 Å². The first-order valence-electron chi connectivity index (χ1n) is 6.17. The van der Waals surface area contributed by atoms with Gasteiger partial charge in [0.1, 0.15) is 5.82 Å². The molecule has 0 amide bonds. The lowest BCUT2D eigenvalue weighted by Gasteiger charge is -2.04. The van der Waals surface area contributed by atoms with Gasteiger partial charge < -0.3 is 10.3 Å². The predicted octanol–water partition coefficient (Wildman–Crippen LogP) is 2.81. The van der Waals surface area contributed by atoms with E-state index in [9.17, 15) is 4.39 Å². The summed E-state index contributed by atoms with van der Waals surface area (Å²) in [5, 5.41) is 3.91. The first kappa shape index (κ1) is 12.6. The van der Waals surface area contributed by atoms with Crippen LogP contribution in [-0.2, 0) is 6.42 Å². The first-order valence-corrected chi connectivity index (χ1v) is 6.55. The van der Waals surface area contributed by atoms with E-state index in [1.54, 1.807) is 6.07 Å². The first-order chi connectivity index (χ1) is 9.13. The molecular weight excluding hydrogens is 269 g/mol. The maximum Gasteiger partial charge on any atom is 0.228 e. The smallest absolute Gasteiger partial charge is 0.228 e. The molecule has 0 saturated heterocycles. The summed E-state index contributed by atoms with van der Waals surface area (Å²) >= 11 is 5.72. The van der Waals surface area contributed by atoms with Crippen LogP contribution in [0.1, 0.15) is 18.7 Å². The summed E-state index contributed by atoms with van der Waals surface area (Å²) in [6, 6.07) is 4.40. The van der Waals surface area contributed by atoms with Crippen LogP contribution in [0.5, 0.6) is 0 Å². The highest BCUT2D eigenvalue weighted by atomic mass is 35.5. The molecule has 1 fully saturated rings. The lowest BCUT2D eigenvalue weighted by Crippen LogP contribution is -2.25. The lowest BCUT2D eigenvalue weighted by molar-refractivity contribution is 0.364. The van der Waals surface area contributed by atoms with Crippen molar-refractivity contribution < 1.29 is 8.91 Å². The zero-order valence-electron chi connectivity index (χ0n) is 10.1. The molecule has 100 valence electrons. The van der Waals surface area contributed by atoms with Crippen LogP contribution in [0, 0.1) is 11.7 Å². The van der Waals surface area contributed by atoms with Gasteiger partial charge in [-0.25, -0.2) is 4.39 Å². The van der Waals surface area contributed by atoms with E-state index in [1.807, 2.05) is 0 Å². The number of halogens is 2. The third kappa shape index (κ3) is 2.77. The number of nitrogens with zero attached hydrogens (tertiary/aromatic N) is 2. The number of nitrogens with two attached hydrogens (primary N) is 1. The van der Waals surface area contributed by atoms with E-state index >= 15 is 0 Å². The SMILES string of the molecule is NC(Cc1nc(-c2ccc(F)c(Cl)c2)no1)C1CC1. The van der Waals surface area contributed by atoms with Crippen molar-refractivity contribution in [2.45, 2.75) is 25.3 Å². The lowest BCUT2D eigenvalue weighted by atomic mass is 10.1. The molecule has 1 atom stereocenters. The monoisotopic (exact) mass is 281 g/mol. The highest BCUT2D eigenvalue weighted by Gasteiger charge is 2.29. The maximum atomic E-state index is 13.1. The molecule has 1 aliphatic rings. The van der Waals surface area contributed by atoms with Gasteiger partial charge in [0.2, 0.25) is 11.7 Å². The van der Waals surface area contributed by atoms with E-state index in [1.165, 1.54) is 25.0 Å². The Morgan fingerprint density at radius 1 is 1.47 bits per heavy atom. The van der Waals surface area contributed by atoms with Crippen molar-refractivity contribution in [1.29, 1.82) is 0 Å². The van der Waals surface area contributed by atoms with Crippen molar-refractivity contribution in [1.82, 2.24) is 10.1 Å². The molecule has 19 heavy (non-hydrogen) atoms. The fourth-order valence-corrected chi connectivity index (χ4v) is 2.16. The van der Waals surface area contributed by atoms with Crippen molar-refractivity contribution in [2.75, 3.05) is 0 Å². The molecule has 3 rings (SSSR count). The molecule has 1 aromatic heterocycles. The van der Waals surface area contributed by atoms with Gasteiger partial charge in [-0.15, -0.1) is 0 Å². The standard InChI is InChI=1S/C13H13ClFN3O/c14-9-5-8(3-4-10(9)15)13-17-12(19-18-13)6-11(16)7-1-2-7/h3-5,7,11H,1-2,6,16H2. The van der Waals surface area contributed by atoms with Gasteiger partial charge >= 0.3 is 0 Å². The maximum absolute atomic E-state index is 13.1. The van der Waals surface area contributed by atoms with Crippen LogP contribution >= 0.6 is 11.6 Å². The number of hydrogen-bond acceptors (Lipinski definition) is 4. The van der Waals surface area contributed by atoms with E-state index in [0.29, 0.717) is 29.6 Å². The molecule has 0 spiro atoms. The minimum Gasteiger partial charge on any atom is -0.339 e. The van der Waals surface area contributed by atoms with Crippen LogP contribution in [0.2, 0.25) is 5.02 Å². The zero-order valence-corrected chi connectivity index (χ0v) is 10.9. The molecule has 0 radical (unpaired) electrons. The fourth-order valence-electron chi connectivity index (χ4n) is 1.98. The van der Waals surface area contributed by atoms with Crippen LogP contribution < -0.4 is 5.73 Å². The summed E-state index contributed by atoms with van der Waals surface area (Å²) in [7, 11) is 0. The fraction of sp³-hybridized carbons (Fsp3) is 0.385. The average molecular weight is 282 g/mol. The summed E-state index contributed by atoms with van der Waals surface area (Å²) in [6.07, 6.45) is 2.93. The van der Waals surface area contributed by atoms with Crippen molar-refractivity contribution in [3.05, 3.63) is 34.9 Å². The van der Waals surface area contributed by atoms with E-state index in [-0.39, 0.29) is 11.1 Å². The average Bonchev–Trinajstić information content (AvgIpc) is 3.14. The van der Waals surface area contributed by atoms with Crippen LogP contribution in [0.15, 0.2) is 22.7 Å². The van der Waals surface area contributed by atoms with Gasteiger partial charge in [-0.1, -0.05) is 16.8 Å². The molecule has 1 heterocycles. The molecular formula is C13H13ClFN3O. The van der Waals surface area contributed by atoms with Crippen LogP contribution in [0.25, 0.3) is 11.4 Å². The summed E-state index contributed by atoms with van der Waals surface area (Å²) in [5.74, 6) is 1.02. The second-order valence-electron chi connectivity index (χ2n) is 4.85. The Balaban J connectivity index is 1.77. The van der Waals surface area contributed by atoms with E-state index in [0.717, 1.165) is 0 Å². The third-order valence-corrected chi connectivity index (χ3v) is 3.57. The minimum atomic E-state index is -0.468. The van der Waals surface area contributed by atoms with Crippen LogP contribution in [-0.4, -0.2) is 16.2 Å². The van der Waals surface area contributed by atoms with Gasteiger partial charge in [-0.05, 0) is 37.0 Å². The summed E-state index contributed by atoms with van der Waals surface area (Å²) in [5.41, 5.74) is 6.63. The number of hydrogen-bond donors (Lipinski definition) is 1. The van der Waals surface area contributed by atoms with Gasteiger partial charge in [-0.2, -0.15) is 4.98 Å². The molecule has 4 nitrogen and oxygen atoms in total. The Kier molecular flexibility index (Phi) is 3.24. The van der Waals surface area contributed by atoms with Gasteiger partial charge in [0.15, 0.2) is 0 Å². The van der Waals surface area contributed by atoms with Gasteiger partial charge in [0.25, 0.3) is 0 Å². The molecule has 1 aliphatic carbocycles. The van der Waals surface area contributed by atoms with Crippen LogP contribution in [0.3, 0.4) is 0 Å². The molecule has 0 aliphatic heterocycles. The Morgan fingerprint density at radius 2 is 2.26 bits per heavy atom. The minimum absolute atomic E-state index is 0.0403. The highest BCUT2D eigenvalue weighted by Crippen LogP contribution is 2.33. The number of aromatic nitrogens is 2.